The molecule has 2 aromatic carbocycles. The van der Waals surface area contributed by atoms with Gasteiger partial charge in [-0.15, -0.1) is 0 Å². The molecule has 0 saturated heterocycles. The zero-order valence-electron chi connectivity index (χ0n) is 13.5. The molecule has 0 amide bonds. The Kier molecular flexibility index (Phi) is 3.17. The predicted molar refractivity (Wildman–Crippen MR) is 94.2 cm³/mol. The summed E-state index contributed by atoms with van der Waals surface area (Å²) in [6.45, 7) is 3.43. The van der Waals surface area contributed by atoms with Gasteiger partial charge in [-0.1, -0.05) is 48.5 Å². The highest BCUT2D eigenvalue weighted by Crippen LogP contribution is 2.36. The third-order valence-electron chi connectivity index (χ3n) is 4.64. The fourth-order valence-electron chi connectivity index (χ4n) is 3.19. The van der Waals surface area contributed by atoms with E-state index in [0.29, 0.717) is 28.0 Å². The van der Waals surface area contributed by atoms with Crippen LogP contribution in [-0.4, -0.2) is 16.6 Å². The molecule has 1 aliphatic rings. The van der Waals surface area contributed by atoms with E-state index in [9.17, 15) is 9.59 Å². The summed E-state index contributed by atoms with van der Waals surface area (Å²) < 4.78 is 0. The van der Waals surface area contributed by atoms with Crippen LogP contribution >= 0.6 is 0 Å². The Hall–Kier alpha value is -3.07. The number of rotatable bonds is 1. The lowest BCUT2D eigenvalue weighted by atomic mass is 9.81. The van der Waals surface area contributed by atoms with Crippen molar-refractivity contribution in [1.29, 1.82) is 0 Å². The Morgan fingerprint density at radius 2 is 1.29 bits per heavy atom. The number of nitrogens with zero attached hydrogens (tertiary/aromatic N) is 1. The van der Waals surface area contributed by atoms with Crippen LogP contribution in [0.2, 0.25) is 0 Å². The number of fused-ring (bicyclic) bond motifs is 3. The van der Waals surface area contributed by atoms with Crippen LogP contribution in [-0.2, 0) is 0 Å². The average Bonchev–Trinajstić information content (AvgIpc) is 2.63. The highest BCUT2D eigenvalue weighted by Gasteiger charge is 2.32. The second-order valence-corrected chi connectivity index (χ2v) is 6.00. The molecule has 1 aliphatic carbocycles. The molecule has 0 radical (unpaired) electrons. The molecule has 0 bridgehead atoms. The van der Waals surface area contributed by atoms with Gasteiger partial charge in [0.2, 0.25) is 0 Å². The third kappa shape index (κ3) is 1.95. The molecular weight excluding hydrogens is 298 g/mol. The first-order valence-electron chi connectivity index (χ1n) is 7.84. The van der Waals surface area contributed by atoms with E-state index in [1.807, 2.05) is 54.6 Å². The monoisotopic (exact) mass is 313 g/mol. The maximum absolute atomic E-state index is 13.0. The highest BCUT2D eigenvalue weighted by molar-refractivity contribution is 6.32. The van der Waals surface area contributed by atoms with Crippen molar-refractivity contribution in [3.05, 3.63) is 76.9 Å². The van der Waals surface area contributed by atoms with Gasteiger partial charge in [-0.3, -0.25) is 9.59 Å². The lowest BCUT2D eigenvalue weighted by Gasteiger charge is -2.21. The number of carbonyl (C=O) groups is 2. The second-order valence-electron chi connectivity index (χ2n) is 6.00. The van der Waals surface area contributed by atoms with Crippen molar-refractivity contribution in [1.82, 2.24) is 4.98 Å². The molecule has 1 aromatic heterocycles. The molecule has 4 rings (SSSR count). The topological polar surface area (TPSA) is 47.0 Å². The minimum atomic E-state index is -0.112. The summed E-state index contributed by atoms with van der Waals surface area (Å²) in [6.07, 6.45) is 0. The molecule has 0 saturated carbocycles. The van der Waals surface area contributed by atoms with Crippen LogP contribution in [0.25, 0.3) is 22.2 Å². The minimum Gasteiger partial charge on any atom is -0.289 e. The van der Waals surface area contributed by atoms with E-state index in [-0.39, 0.29) is 11.6 Å². The Morgan fingerprint density at radius 3 is 2.00 bits per heavy atom. The summed E-state index contributed by atoms with van der Waals surface area (Å²) in [7, 11) is 0. The number of ketones is 2. The number of para-hydroxylation sites is 1. The van der Waals surface area contributed by atoms with Gasteiger partial charge in [-0.2, -0.15) is 0 Å². The highest BCUT2D eigenvalue weighted by atomic mass is 16.1. The van der Waals surface area contributed by atoms with Crippen LogP contribution in [0.4, 0.5) is 0 Å². The van der Waals surface area contributed by atoms with E-state index in [4.69, 9.17) is 4.98 Å². The lowest BCUT2D eigenvalue weighted by Crippen LogP contribution is -2.22. The second kappa shape index (κ2) is 5.24. The Balaban J connectivity index is 2.19. The largest absolute Gasteiger partial charge is 0.289 e. The van der Waals surface area contributed by atoms with Crippen LogP contribution in [0, 0.1) is 0 Å². The number of allylic oxidation sites excluding steroid dienone is 2. The number of carbonyl (C=O) groups excluding carboxylic acids is 2. The van der Waals surface area contributed by atoms with Crippen molar-refractivity contribution in [2.75, 3.05) is 0 Å². The molecule has 0 aliphatic heterocycles. The summed E-state index contributed by atoms with van der Waals surface area (Å²) in [4.78, 5) is 30.6. The predicted octanol–water partition coefficient (Wildman–Crippen LogP) is 4.62. The van der Waals surface area contributed by atoms with Gasteiger partial charge in [-0.05, 0) is 19.9 Å². The molecule has 3 heteroatoms. The van der Waals surface area contributed by atoms with Gasteiger partial charge in [0.15, 0.2) is 11.6 Å². The fourth-order valence-corrected chi connectivity index (χ4v) is 3.19. The molecule has 24 heavy (non-hydrogen) atoms. The van der Waals surface area contributed by atoms with Gasteiger partial charge in [0.1, 0.15) is 0 Å². The zero-order chi connectivity index (χ0) is 16.8. The number of Topliss-reactive ketones (excluding diaryl/α,β-unsaturated/α-hetero) is 2. The number of hydrogen-bond donors (Lipinski definition) is 0. The van der Waals surface area contributed by atoms with Crippen molar-refractivity contribution < 1.29 is 9.59 Å². The van der Waals surface area contributed by atoms with Gasteiger partial charge in [0.25, 0.3) is 0 Å². The molecule has 0 atom stereocenters. The Morgan fingerprint density at radius 1 is 0.708 bits per heavy atom. The van der Waals surface area contributed by atoms with Crippen LogP contribution in [0.5, 0.6) is 0 Å². The summed E-state index contributed by atoms with van der Waals surface area (Å²) in [5, 5.41) is 0.734. The number of benzene rings is 2. The Bertz CT molecular complexity index is 1050. The molecule has 0 spiro atoms. The van der Waals surface area contributed by atoms with Gasteiger partial charge >= 0.3 is 0 Å². The van der Waals surface area contributed by atoms with Gasteiger partial charge < -0.3 is 0 Å². The molecule has 3 aromatic rings. The zero-order valence-corrected chi connectivity index (χ0v) is 13.5. The fraction of sp³-hybridized carbons (Fsp3) is 0.0952. The minimum absolute atomic E-state index is 0.0853. The number of pyridine rings is 1. The summed E-state index contributed by atoms with van der Waals surface area (Å²) >= 11 is 0. The van der Waals surface area contributed by atoms with Crippen LogP contribution < -0.4 is 0 Å². The van der Waals surface area contributed by atoms with Gasteiger partial charge in [0.05, 0.1) is 16.8 Å². The lowest BCUT2D eigenvalue weighted by molar-refractivity contribution is 0.0976. The number of aromatic nitrogens is 1. The first-order chi connectivity index (χ1) is 11.6. The van der Waals surface area contributed by atoms with Crippen molar-refractivity contribution >= 4 is 22.5 Å². The molecule has 1 heterocycles. The van der Waals surface area contributed by atoms with Crippen LogP contribution in [0.3, 0.4) is 0 Å². The quantitative estimate of drug-likeness (QED) is 0.658. The molecular formula is C21H15NO2. The molecule has 0 unspecified atom stereocenters. The van der Waals surface area contributed by atoms with E-state index < -0.39 is 0 Å². The normalized spacial score (nSPS) is 14.2. The first kappa shape index (κ1) is 14.5. The van der Waals surface area contributed by atoms with E-state index >= 15 is 0 Å². The van der Waals surface area contributed by atoms with Gasteiger partial charge in [0, 0.05) is 27.7 Å². The molecule has 0 N–H and O–H groups in total. The summed E-state index contributed by atoms with van der Waals surface area (Å²) in [6, 6.07) is 17.0. The van der Waals surface area contributed by atoms with Crippen molar-refractivity contribution in [2.45, 2.75) is 13.8 Å². The number of hydrogen-bond acceptors (Lipinski definition) is 3. The molecule has 3 nitrogen and oxygen atoms in total. The van der Waals surface area contributed by atoms with Crippen molar-refractivity contribution in [3.8, 4) is 11.3 Å². The molecule has 116 valence electrons. The third-order valence-corrected chi connectivity index (χ3v) is 4.64. The maximum Gasteiger partial charge on any atom is 0.192 e. The standard InChI is InChI=1S/C21H15NO2/c1-12-13(2)21(24)18-17(20(12)23)15-10-6-7-11-16(15)22-19(18)14-8-4-3-5-9-14/h3-11H,1-2H3. The SMILES string of the molecule is CC1=C(C)C(=O)c2c(c(-c3ccccc3)nc3ccccc23)C1=O. The van der Waals surface area contributed by atoms with E-state index in [0.717, 1.165) is 16.5 Å². The van der Waals surface area contributed by atoms with Crippen molar-refractivity contribution in [3.63, 3.8) is 0 Å². The summed E-state index contributed by atoms with van der Waals surface area (Å²) in [5.41, 5.74) is 4.07. The van der Waals surface area contributed by atoms with Crippen LogP contribution in [0.15, 0.2) is 65.7 Å². The maximum atomic E-state index is 13.0. The van der Waals surface area contributed by atoms with E-state index in [1.54, 1.807) is 13.8 Å². The smallest absolute Gasteiger partial charge is 0.192 e. The van der Waals surface area contributed by atoms with E-state index in [1.165, 1.54) is 0 Å². The van der Waals surface area contributed by atoms with Crippen LogP contribution in [0.1, 0.15) is 34.6 Å². The van der Waals surface area contributed by atoms with Crippen molar-refractivity contribution in [2.24, 2.45) is 0 Å². The Labute approximate surface area is 139 Å². The first-order valence-corrected chi connectivity index (χ1v) is 7.84. The van der Waals surface area contributed by atoms with Gasteiger partial charge in [-0.25, -0.2) is 4.98 Å². The summed E-state index contributed by atoms with van der Waals surface area (Å²) in [5.74, 6) is -0.197. The van der Waals surface area contributed by atoms with E-state index in [2.05, 4.69) is 0 Å². The average molecular weight is 313 g/mol. The molecule has 0 fully saturated rings.